The van der Waals surface area contributed by atoms with Gasteiger partial charge < -0.3 is 4.90 Å². The lowest BCUT2D eigenvalue weighted by molar-refractivity contribution is 0.0793. The van der Waals surface area contributed by atoms with Gasteiger partial charge in [0.05, 0.1) is 21.2 Å². The third kappa shape index (κ3) is 3.68. The van der Waals surface area contributed by atoms with Gasteiger partial charge in [0, 0.05) is 25.2 Å². The first-order chi connectivity index (χ1) is 12.3. The number of hydrogen-bond acceptors (Lipinski definition) is 3. The molecule has 2 aromatic carbocycles. The molecule has 0 unspecified atom stereocenters. The molecule has 3 rings (SSSR count). The lowest BCUT2D eigenvalue weighted by Crippen LogP contribution is -2.28. The summed E-state index contributed by atoms with van der Waals surface area (Å²) in [6.07, 6.45) is 1.98. The molecule has 1 saturated heterocycles. The van der Waals surface area contributed by atoms with E-state index in [2.05, 4.69) is 0 Å². The van der Waals surface area contributed by atoms with Gasteiger partial charge in [0.15, 0.2) is 0 Å². The molecule has 8 heteroatoms. The molecule has 0 radical (unpaired) electrons. The number of carbonyl (C=O) groups is 1. The zero-order valence-corrected chi connectivity index (χ0v) is 16.5. The van der Waals surface area contributed by atoms with Crippen LogP contribution in [0.2, 0.25) is 10.0 Å². The molecule has 138 valence electrons. The highest BCUT2D eigenvalue weighted by molar-refractivity contribution is 7.92. The monoisotopic (exact) mass is 412 g/mol. The Morgan fingerprint density at radius 1 is 1.04 bits per heavy atom. The molecule has 0 spiro atoms. The van der Waals surface area contributed by atoms with Crippen molar-refractivity contribution in [2.45, 2.75) is 17.7 Å². The van der Waals surface area contributed by atoms with Crippen LogP contribution in [0, 0.1) is 0 Å². The van der Waals surface area contributed by atoms with Gasteiger partial charge in [-0.05, 0) is 55.3 Å². The number of halogens is 2. The maximum Gasteiger partial charge on any atom is 0.264 e. The van der Waals surface area contributed by atoms with Gasteiger partial charge >= 0.3 is 0 Å². The summed E-state index contributed by atoms with van der Waals surface area (Å²) in [6, 6.07) is 10.6. The van der Waals surface area contributed by atoms with E-state index in [1.165, 1.54) is 37.4 Å². The molecule has 0 saturated carbocycles. The summed E-state index contributed by atoms with van der Waals surface area (Å²) in [6.45, 7) is 1.45. The molecular formula is C18H18Cl2N2O3S. The summed E-state index contributed by atoms with van der Waals surface area (Å²) in [5, 5.41) is 0.692. The Morgan fingerprint density at radius 3 is 2.23 bits per heavy atom. The van der Waals surface area contributed by atoms with Gasteiger partial charge in [-0.3, -0.25) is 9.10 Å². The Kier molecular flexibility index (Phi) is 5.46. The van der Waals surface area contributed by atoms with Gasteiger partial charge in [-0.2, -0.15) is 0 Å². The van der Waals surface area contributed by atoms with Gasteiger partial charge in [0.2, 0.25) is 0 Å². The summed E-state index contributed by atoms with van der Waals surface area (Å²) in [7, 11) is -2.31. The first-order valence-corrected chi connectivity index (χ1v) is 10.3. The molecule has 2 aromatic rings. The zero-order valence-electron chi connectivity index (χ0n) is 14.2. The molecule has 1 aliphatic rings. The first kappa shape index (κ1) is 19.0. The lowest BCUT2D eigenvalue weighted by atomic mass is 10.2. The van der Waals surface area contributed by atoms with Gasteiger partial charge in [-0.1, -0.05) is 23.2 Å². The predicted octanol–water partition coefficient (Wildman–Crippen LogP) is 4.05. The number of anilines is 1. The van der Waals surface area contributed by atoms with E-state index in [0.29, 0.717) is 16.3 Å². The van der Waals surface area contributed by atoms with Crippen LogP contribution in [0.25, 0.3) is 0 Å². The van der Waals surface area contributed by atoms with Crippen LogP contribution in [0.3, 0.4) is 0 Å². The van der Waals surface area contributed by atoms with Crippen molar-refractivity contribution in [3.8, 4) is 0 Å². The van der Waals surface area contributed by atoms with E-state index in [1.54, 1.807) is 17.0 Å². The topological polar surface area (TPSA) is 57.7 Å². The van der Waals surface area contributed by atoms with Gasteiger partial charge in [0.1, 0.15) is 0 Å². The Hall–Kier alpha value is -1.76. The van der Waals surface area contributed by atoms with Crippen molar-refractivity contribution in [3.63, 3.8) is 0 Å². The van der Waals surface area contributed by atoms with E-state index in [9.17, 15) is 13.2 Å². The van der Waals surface area contributed by atoms with Crippen LogP contribution in [0.5, 0.6) is 0 Å². The van der Waals surface area contributed by atoms with Crippen LogP contribution in [0.1, 0.15) is 23.2 Å². The normalized spacial score (nSPS) is 14.5. The summed E-state index contributed by atoms with van der Waals surface area (Å²) in [4.78, 5) is 14.4. The highest BCUT2D eigenvalue weighted by atomic mass is 35.5. The van der Waals surface area contributed by atoms with E-state index < -0.39 is 10.0 Å². The number of rotatable bonds is 4. The fourth-order valence-corrected chi connectivity index (χ4v) is 4.44. The molecule has 1 aliphatic heterocycles. The van der Waals surface area contributed by atoms with Gasteiger partial charge in [-0.25, -0.2) is 8.42 Å². The summed E-state index contributed by atoms with van der Waals surface area (Å²) >= 11 is 12.1. The summed E-state index contributed by atoms with van der Waals surface area (Å²) in [5.41, 5.74) is 0.762. The van der Waals surface area contributed by atoms with Crippen molar-refractivity contribution in [2.24, 2.45) is 0 Å². The number of sulfonamides is 1. The zero-order chi connectivity index (χ0) is 18.9. The quantitative estimate of drug-likeness (QED) is 0.760. The summed E-state index contributed by atoms with van der Waals surface area (Å²) in [5.74, 6) is -0.123. The van der Waals surface area contributed by atoms with Gasteiger partial charge in [0.25, 0.3) is 15.9 Å². The summed E-state index contributed by atoms with van der Waals surface area (Å²) < 4.78 is 26.6. The van der Waals surface area contributed by atoms with Crippen LogP contribution < -0.4 is 4.31 Å². The van der Waals surface area contributed by atoms with Crippen LogP contribution in [0.4, 0.5) is 5.69 Å². The first-order valence-electron chi connectivity index (χ1n) is 8.14. The average Bonchev–Trinajstić information content (AvgIpc) is 3.15. The number of benzene rings is 2. The Labute approximate surface area is 163 Å². The number of likely N-dealkylation sites (tertiary alicyclic amines) is 1. The van der Waals surface area contributed by atoms with E-state index in [-0.39, 0.29) is 15.8 Å². The van der Waals surface area contributed by atoms with Crippen LogP contribution in [0.15, 0.2) is 47.4 Å². The third-order valence-corrected chi connectivity index (χ3v) is 6.78. The minimum atomic E-state index is -3.75. The molecule has 5 nitrogen and oxygen atoms in total. The number of nitrogens with zero attached hydrogens (tertiary/aromatic N) is 2. The van der Waals surface area contributed by atoms with Crippen LogP contribution in [-0.2, 0) is 10.0 Å². The number of amides is 1. The molecular weight excluding hydrogens is 395 g/mol. The smallest absolute Gasteiger partial charge is 0.264 e. The second kappa shape index (κ2) is 7.47. The van der Waals surface area contributed by atoms with Crippen LogP contribution >= 0.6 is 23.2 Å². The van der Waals surface area contributed by atoms with Crippen molar-refractivity contribution in [3.05, 3.63) is 58.1 Å². The molecule has 0 aromatic heterocycles. The standard InChI is InChI=1S/C18H18Cl2N2O3S/c1-21(26(24,25)15-7-4-13(19)5-8-15)14-6-9-16(17(20)12-14)18(23)22-10-2-3-11-22/h4-9,12H,2-3,10-11H2,1H3. The molecule has 26 heavy (non-hydrogen) atoms. The molecule has 0 N–H and O–H groups in total. The minimum Gasteiger partial charge on any atom is -0.339 e. The van der Waals surface area contributed by atoms with E-state index in [4.69, 9.17) is 23.2 Å². The highest BCUT2D eigenvalue weighted by Crippen LogP contribution is 2.29. The fourth-order valence-electron chi connectivity index (χ4n) is 2.87. The molecule has 1 fully saturated rings. The maximum atomic E-state index is 12.7. The second-order valence-corrected chi connectivity index (χ2v) is 8.90. The van der Waals surface area contributed by atoms with Crippen molar-refractivity contribution in [1.82, 2.24) is 4.90 Å². The van der Waals surface area contributed by atoms with E-state index in [1.807, 2.05) is 0 Å². The van der Waals surface area contributed by atoms with Crippen molar-refractivity contribution >= 4 is 44.8 Å². The minimum absolute atomic E-state index is 0.123. The highest BCUT2D eigenvalue weighted by Gasteiger charge is 2.25. The van der Waals surface area contributed by atoms with Crippen molar-refractivity contribution < 1.29 is 13.2 Å². The largest absolute Gasteiger partial charge is 0.339 e. The van der Waals surface area contributed by atoms with E-state index >= 15 is 0 Å². The lowest BCUT2D eigenvalue weighted by Gasteiger charge is -2.21. The average molecular weight is 413 g/mol. The third-order valence-electron chi connectivity index (χ3n) is 4.41. The molecule has 0 atom stereocenters. The van der Waals surface area contributed by atoms with Crippen molar-refractivity contribution in [1.29, 1.82) is 0 Å². The maximum absolute atomic E-state index is 12.7. The Balaban J connectivity index is 1.88. The molecule has 1 amide bonds. The molecule has 1 heterocycles. The van der Waals surface area contributed by atoms with Gasteiger partial charge in [-0.15, -0.1) is 0 Å². The Morgan fingerprint density at radius 2 is 1.65 bits per heavy atom. The molecule has 0 bridgehead atoms. The number of hydrogen-bond donors (Lipinski definition) is 0. The van der Waals surface area contributed by atoms with E-state index in [0.717, 1.165) is 30.2 Å². The molecule has 0 aliphatic carbocycles. The predicted molar refractivity (Wildman–Crippen MR) is 104 cm³/mol. The second-order valence-electron chi connectivity index (χ2n) is 6.09. The van der Waals surface area contributed by atoms with Crippen LogP contribution in [-0.4, -0.2) is 39.4 Å². The van der Waals surface area contributed by atoms with Crippen molar-refractivity contribution in [2.75, 3.05) is 24.4 Å². The number of carbonyl (C=O) groups excluding carboxylic acids is 1. The fraction of sp³-hybridized carbons (Fsp3) is 0.278. The Bertz CT molecular complexity index is 924. The SMILES string of the molecule is CN(c1ccc(C(=O)N2CCCC2)c(Cl)c1)S(=O)(=O)c1ccc(Cl)cc1.